The maximum absolute atomic E-state index is 12.9. The van der Waals surface area contributed by atoms with Crippen LogP contribution in [0.3, 0.4) is 0 Å². The molecule has 0 aliphatic heterocycles. The fraction of sp³-hybridized carbons (Fsp3) is 0.462. The molecule has 0 bridgehead atoms. The van der Waals surface area contributed by atoms with Gasteiger partial charge < -0.3 is 10.3 Å². The number of nitrogens with zero attached hydrogens (tertiary/aromatic N) is 1. The molecule has 0 atom stereocenters. The molecule has 1 amide bonds. The number of carbonyl (C=O) groups is 1. The van der Waals surface area contributed by atoms with E-state index in [1.807, 2.05) is 12.3 Å². The third-order valence-electron chi connectivity index (χ3n) is 3.32. The molecule has 0 radical (unpaired) electrons. The number of alkyl halides is 3. The average molecular weight is 287 g/mol. The van der Waals surface area contributed by atoms with Crippen molar-refractivity contribution in [3.05, 3.63) is 29.3 Å². The molecule has 1 aliphatic carbocycles. The SMILES string of the molecule is CCN(C(=O)c1ccc(NN)c(C(F)(F)F)c1)C1CC1. The molecular formula is C13H16F3N3O. The maximum atomic E-state index is 12.9. The molecule has 4 nitrogen and oxygen atoms in total. The van der Waals surface area contributed by atoms with E-state index in [4.69, 9.17) is 5.84 Å². The van der Waals surface area contributed by atoms with Crippen LogP contribution in [0.5, 0.6) is 0 Å². The molecule has 0 spiro atoms. The molecule has 0 heterocycles. The molecule has 1 aliphatic rings. The first-order valence-electron chi connectivity index (χ1n) is 6.37. The Kier molecular flexibility index (Phi) is 3.89. The Hall–Kier alpha value is -1.76. The Morgan fingerprint density at radius 2 is 2.10 bits per heavy atom. The summed E-state index contributed by atoms with van der Waals surface area (Å²) < 4.78 is 38.7. The minimum Gasteiger partial charge on any atom is -0.336 e. The average Bonchev–Trinajstić information content (AvgIpc) is 3.22. The standard InChI is InChI=1S/C13H16F3N3O/c1-2-19(9-4-5-9)12(20)8-3-6-11(18-17)10(7-8)13(14,15)16/h3,6-7,9,18H,2,4-5,17H2,1H3. The van der Waals surface area contributed by atoms with Crippen molar-refractivity contribution in [2.45, 2.75) is 32.0 Å². The number of rotatable bonds is 4. The largest absolute Gasteiger partial charge is 0.418 e. The highest BCUT2D eigenvalue weighted by Gasteiger charge is 2.36. The number of nitrogen functional groups attached to an aromatic ring is 1. The molecule has 20 heavy (non-hydrogen) atoms. The summed E-state index contributed by atoms with van der Waals surface area (Å²) in [7, 11) is 0. The Morgan fingerprint density at radius 3 is 2.55 bits per heavy atom. The molecule has 0 aromatic heterocycles. The molecule has 1 aromatic rings. The number of hydrogen-bond donors (Lipinski definition) is 2. The highest BCUT2D eigenvalue weighted by Crippen LogP contribution is 2.36. The summed E-state index contributed by atoms with van der Waals surface area (Å²) in [6, 6.07) is 3.55. The van der Waals surface area contributed by atoms with Crippen molar-refractivity contribution in [3.63, 3.8) is 0 Å². The van der Waals surface area contributed by atoms with Crippen LogP contribution in [0.1, 0.15) is 35.7 Å². The molecule has 2 rings (SSSR count). The summed E-state index contributed by atoms with van der Waals surface area (Å²) >= 11 is 0. The van der Waals surface area contributed by atoms with E-state index in [1.165, 1.54) is 12.1 Å². The number of nitrogens with one attached hydrogen (secondary N) is 1. The van der Waals surface area contributed by atoms with Crippen molar-refractivity contribution < 1.29 is 18.0 Å². The van der Waals surface area contributed by atoms with Gasteiger partial charge in [-0.3, -0.25) is 10.6 Å². The number of hydrazine groups is 1. The first kappa shape index (κ1) is 14.6. The van der Waals surface area contributed by atoms with Crippen LogP contribution in [0.4, 0.5) is 18.9 Å². The zero-order valence-electron chi connectivity index (χ0n) is 11.0. The fourth-order valence-corrected chi connectivity index (χ4v) is 2.16. The summed E-state index contributed by atoms with van der Waals surface area (Å²) in [5.41, 5.74) is 0.855. The number of benzene rings is 1. The number of halogens is 3. The first-order valence-corrected chi connectivity index (χ1v) is 6.37. The number of carbonyl (C=O) groups excluding carboxylic acids is 1. The topological polar surface area (TPSA) is 58.4 Å². The van der Waals surface area contributed by atoms with Gasteiger partial charge in [0.25, 0.3) is 5.91 Å². The molecule has 0 saturated heterocycles. The lowest BCUT2D eigenvalue weighted by Gasteiger charge is -2.21. The van der Waals surface area contributed by atoms with Gasteiger partial charge in [0.1, 0.15) is 0 Å². The van der Waals surface area contributed by atoms with Crippen LogP contribution in [-0.4, -0.2) is 23.4 Å². The summed E-state index contributed by atoms with van der Waals surface area (Å²) in [5, 5.41) is 0. The zero-order valence-corrected chi connectivity index (χ0v) is 11.0. The highest BCUT2D eigenvalue weighted by atomic mass is 19.4. The Labute approximate surface area is 114 Å². The van der Waals surface area contributed by atoms with Gasteiger partial charge in [-0.15, -0.1) is 0 Å². The van der Waals surface area contributed by atoms with Gasteiger partial charge in [0.15, 0.2) is 0 Å². The number of hydrogen-bond acceptors (Lipinski definition) is 3. The van der Waals surface area contributed by atoms with Gasteiger partial charge in [0.05, 0.1) is 11.3 Å². The van der Waals surface area contributed by atoms with E-state index >= 15 is 0 Å². The van der Waals surface area contributed by atoms with Gasteiger partial charge in [0.2, 0.25) is 0 Å². The van der Waals surface area contributed by atoms with Crippen molar-refractivity contribution in [3.8, 4) is 0 Å². The quantitative estimate of drug-likeness (QED) is 0.661. The summed E-state index contributed by atoms with van der Waals surface area (Å²) in [4.78, 5) is 13.8. The third kappa shape index (κ3) is 2.87. The molecule has 1 saturated carbocycles. The van der Waals surface area contributed by atoms with Gasteiger partial charge in [-0.25, -0.2) is 0 Å². The van der Waals surface area contributed by atoms with Crippen LogP contribution in [0.25, 0.3) is 0 Å². The van der Waals surface area contributed by atoms with Crippen molar-refractivity contribution in [2.75, 3.05) is 12.0 Å². The van der Waals surface area contributed by atoms with Crippen LogP contribution < -0.4 is 11.3 Å². The molecule has 1 aromatic carbocycles. The molecule has 7 heteroatoms. The highest BCUT2D eigenvalue weighted by molar-refractivity contribution is 5.95. The Balaban J connectivity index is 2.35. The summed E-state index contributed by atoms with van der Waals surface area (Å²) in [5.74, 6) is 4.70. The predicted octanol–water partition coefficient (Wildman–Crippen LogP) is 2.62. The second-order valence-corrected chi connectivity index (χ2v) is 4.72. The number of nitrogens with two attached hydrogens (primary N) is 1. The van der Waals surface area contributed by atoms with Crippen molar-refractivity contribution in [2.24, 2.45) is 5.84 Å². The van der Waals surface area contributed by atoms with Crippen molar-refractivity contribution in [1.29, 1.82) is 0 Å². The maximum Gasteiger partial charge on any atom is 0.418 e. The van der Waals surface area contributed by atoms with Gasteiger partial charge in [-0.1, -0.05) is 0 Å². The van der Waals surface area contributed by atoms with Crippen LogP contribution in [-0.2, 0) is 6.18 Å². The summed E-state index contributed by atoms with van der Waals surface area (Å²) in [6.45, 7) is 2.30. The molecular weight excluding hydrogens is 271 g/mol. The second-order valence-electron chi connectivity index (χ2n) is 4.72. The van der Waals surface area contributed by atoms with Gasteiger partial charge in [-0.2, -0.15) is 13.2 Å². The minimum absolute atomic E-state index is 0.0325. The molecule has 0 unspecified atom stereocenters. The van der Waals surface area contributed by atoms with Gasteiger partial charge in [-0.05, 0) is 38.0 Å². The molecule has 1 fully saturated rings. The van der Waals surface area contributed by atoms with Crippen LogP contribution in [0.15, 0.2) is 18.2 Å². The normalized spacial score (nSPS) is 15.1. The zero-order chi connectivity index (χ0) is 14.9. The van der Waals surface area contributed by atoms with E-state index < -0.39 is 11.7 Å². The predicted molar refractivity (Wildman–Crippen MR) is 69.0 cm³/mol. The molecule has 110 valence electrons. The lowest BCUT2D eigenvalue weighted by atomic mass is 10.1. The van der Waals surface area contributed by atoms with Crippen molar-refractivity contribution in [1.82, 2.24) is 4.90 Å². The van der Waals surface area contributed by atoms with Gasteiger partial charge >= 0.3 is 6.18 Å². The van der Waals surface area contributed by atoms with E-state index in [0.29, 0.717) is 6.54 Å². The van der Waals surface area contributed by atoms with Crippen LogP contribution in [0.2, 0.25) is 0 Å². The monoisotopic (exact) mass is 287 g/mol. The van der Waals surface area contributed by atoms with Crippen LogP contribution >= 0.6 is 0 Å². The smallest absolute Gasteiger partial charge is 0.336 e. The lowest BCUT2D eigenvalue weighted by Crippen LogP contribution is -2.33. The summed E-state index contributed by atoms with van der Waals surface area (Å²) in [6.07, 6.45) is -2.74. The Bertz CT molecular complexity index is 512. The first-order chi connectivity index (χ1) is 9.38. The van der Waals surface area contributed by atoms with E-state index in [9.17, 15) is 18.0 Å². The molecule has 3 N–H and O–H groups in total. The van der Waals surface area contributed by atoms with E-state index in [1.54, 1.807) is 4.90 Å². The number of anilines is 1. The fourth-order valence-electron chi connectivity index (χ4n) is 2.16. The van der Waals surface area contributed by atoms with Crippen LogP contribution in [0, 0.1) is 0 Å². The van der Waals surface area contributed by atoms with E-state index in [2.05, 4.69) is 0 Å². The second kappa shape index (κ2) is 5.32. The van der Waals surface area contributed by atoms with Gasteiger partial charge in [0, 0.05) is 18.2 Å². The van der Waals surface area contributed by atoms with Crippen molar-refractivity contribution >= 4 is 11.6 Å². The minimum atomic E-state index is -4.56. The Morgan fingerprint density at radius 1 is 1.45 bits per heavy atom. The lowest BCUT2D eigenvalue weighted by molar-refractivity contribution is -0.137. The third-order valence-corrected chi connectivity index (χ3v) is 3.32. The van der Waals surface area contributed by atoms with E-state index in [0.717, 1.165) is 18.9 Å². The number of amides is 1. The van der Waals surface area contributed by atoms with E-state index in [-0.39, 0.29) is 23.2 Å².